The molecule has 2 aromatic heterocycles. The fourth-order valence-electron chi connectivity index (χ4n) is 1.74. The molecule has 1 aliphatic carbocycles. The van der Waals surface area contributed by atoms with Gasteiger partial charge in [0.05, 0.1) is 11.4 Å². The fourth-order valence-corrected chi connectivity index (χ4v) is 1.74. The average Bonchev–Trinajstić information content (AvgIpc) is 3.02. The third-order valence-corrected chi connectivity index (χ3v) is 2.75. The van der Waals surface area contributed by atoms with E-state index >= 15 is 0 Å². The normalized spacial score (nSPS) is 15.5. The summed E-state index contributed by atoms with van der Waals surface area (Å²) in [7, 11) is 0. The van der Waals surface area contributed by atoms with E-state index in [1.165, 1.54) is 18.5 Å². The molecule has 76 valence electrons. The Morgan fingerprint density at radius 3 is 2.87 bits per heavy atom. The maximum Gasteiger partial charge on any atom is 0.0679 e. The molecule has 3 rings (SSSR count). The van der Waals surface area contributed by atoms with Crippen molar-refractivity contribution in [3.63, 3.8) is 0 Å². The summed E-state index contributed by atoms with van der Waals surface area (Å²) in [6, 6.07) is 6.15. The highest BCUT2D eigenvalue weighted by atomic mass is 15.3. The minimum absolute atomic E-state index is 0.696. The van der Waals surface area contributed by atoms with Gasteiger partial charge in [-0.3, -0.25) is 4.98 Å². The molecule has 1 fully saturated rings. The third kappa shape index (κ3) is 1.65. The Morgan fingerprint density at radius 1 is 1.33 bits per heavy atom. The molecule has 1 aliphatic rings. The lowest BCUT2D eigenvalue weighted by Gasteiger charge is -2.03. The third-order valence-electron chi connectivity index (χ3n) is 2.75. The Kier molecular flexibility index (Phi) is 1.84. The molecule has 0 spiro atoms. The van der Waals surface area contributed by atoms with Crippen molar-refractivity contribution in [2.75, 3.05) is 0 Å². The maximum atomic E-state index is 4.39. The van der Waals surface area contributed by atoms with Gasteiger partial charge < -0.3 is 0 Å². The van der Waals surface area contributed by atoms with Crippen LogP contribution in [0.25, 0.3) is 5.69 Å². The minimum atomic E-state index is 0.696. The van der Waals surface area contributed by atoms with Gasteiger partial charge in [-0.15, -0.1) is 0 Å². The fraction of sp³-hybridized carbons (Fsp3) is 0.333. The topological polar surface area (TPSA) is 30.7 Å². The molecular weight excluding hydrogens is 186 g/mol. The molecular formula is C12H13N3. The van der Waals surface area contributed by atoms with Gasteiger partial charge in [0, 0.05) is 24.0 Å². The number of hydrogen-bond donors (Lipinski definition) is 0. The Hall–Kier alpha value is -1.64. The molecule has 3 nitrogen and oxygen atoms in total. The van der Waals surface area contributed by atoms with Crippen LogP contribution in [0.4, 0.5) is 0 Å². The highest BCUT2D eigenvalue weighted by Crippen LogP contribution is 2.39. The molecule has 2 heterocycles. The summed E-state index contributed by atoms with van der Waals surface area (Å²) in [5.41, 5.74) is 3.36. The molecule has 0 aliphatic heterocycles. The summed E-state index contributed by atoms with van der Waals surface area (Å²) in [4.78, 5) is 4.39. The first-order valence-electron chi connectivity index (χ1n) is 5.31. The van der Waals surface area contributed by atoms with Gasteiger partial charge in [0.1, 0.15) is 0 Å². The zero-order valence-electron chi connectivity index (χ0n) is 8.72. The first kappa shape index (κ1) is 8.65. The molecule has 0 bridgehead atoms. The lowest BCUT2D eigenvalue weighted by atomic mass is 10.2. The number of hydrogen-bond acceptors (Lipinski definition) is 2. The van der Waals surface area contributed by atoms with Crippen LogP contribution in [0.5, 0.6) is 0 Å². The molecule has 0 unspecified atom stereocenters. The van der Waals surface area contributed by atoms with Crippen molar-refractivity contribution < 1.29 is 0 Å². The van der Waals surface area contributed by atoms with Crippen LogP contribution in [0, 0.1) is 6.92 Å². The van der Waals surface area contributed by atoms with Crippen LogP contribution >= 0.6 is 0 Å². The van der Waals surface area contributed by atoms with Crippen molar-refractivity contribution in [2.45, 2.75) is 25.7 Å². The predicted octanol–water partition coefficient (Wildman–Crippen LogP) is 2.45. The number of aryl methyl sites for hydroxylation is 1. The molecule has 0 saturated heterocycles. The van der Waals surface area contributed by atoms with E-state index in [0.717, 1.165) is 11.4 Å². The van der Waals surface area contributed by atoms with Crippen molar-refractivity contribution in [1.29, 1.82) is 0 Å². The average molecular weight is 199 g/mol. The van der Waals surface area contributed by atoms with Gasteiger partial charge in [0.2, 0.25) is 0 Å². The molecule has 2 aromatic rings. The van der Waals surface area contributed by atoms with E-state index in [1.54, 1.807) is 0 Å². The zero-order chi connectivity index (χ0) is 10.3. The first-order chi connectivity index (χ1) is 7.33. The van der Waals surface area contributed by atoms with Gasteiger partial charge in [0.15, 0.2) is 0 Å². The van der Waals surface area contributed by atoms with E-state index in [2.05, 4.69) is 16.1 Å². The van der Waals surface area contributed by atoms with E-state index in [1.807, 2.05) is 36.1 Å². The highest BCUT2D eigenvalue weighted by molar-refractivity contribution is 5.33. The zero-order valence-corrected chi connectivity index (χ0v) is 8.72. The molecule has 0 radical (unpaired) electrons. The van der Waals surface area contributed by atoms with Crippen molar-refractivity contribution in [2.24, 2.45) is 0 Å². The molecule has 3 heteroatoms. The lowest BCUT2D eigenvalue weighted by molar-refractivity contribution is 0.853. The monoisotopic (exact) mass is 199 g/mol. The Balaban J connectivity index is 2.00. The maximum absolute atomic E-state index is 4.39. The van der Waals surface area contributed by atoms with Crippen LogP contribution in [-0.4, -0.2) is 14.8 Å². The van der Waals surface area contributed by atoms with Crippen LogP contribution in [0.15, 0.2) is 30.6 Å². The van der Waals surface area contributed by atoms with E-state index in [0.29, 0.717) is 5.92 Å². The van der Waals surface area contributed by atoms with Gasteiger partial charge >= 0.3 is 0 Å². The van der Waals surface area contributed by atoms with Gasteiger partial charge in [-0.05, 0) is 38.0 Å². The van der Waals surface area contributed by atoms with Crippen LogP contribution in [-0.2, 0) is 0 Å². The van der Waals surface area contributed by atoms with E-state index in [-0.39, 0.29) is 0 Å². The number of nitrogens with zero attached hydrogens (tertiary/aromatic N) is 3. The number of rotatable bonds is 2. The Labute approximate surface area is 88.8 Å². The van der Waals surface area contributed by atoms with Crippen LogP contribution < -0.4 is 0 Å². The molecule has 1 saturated carbocycles. The van der Waals surface area contributed by atoms with Gasteiger partial charge in [-0.2, -0.15) is 5.10 Å². The summed E-state index contributed by atoms with van der Waals surface area (Å²) < 4.78 is 1.91. The molecule has 0 atom stereocenters. The van der Waals surface area contributed by atoms with Crippen molar-refractivity contribution in [1.82, 2.24) is 14.8 Å². The SMILES string of the molecule is Cc1ccn(-c2ccnc(C3CC3)c2)n1. The van der Waals surface area contributed by atoms with E-state index in [4.69, 9.17) is 0 Å². The number of pyridine rings is 1. The summed E-state index contributed by atoms with van der Waals surface area (Å²) in [5.74, 6) is 0.696. The molecule has 0 aromatic carbocycles. The Bertz CT molecular complexity index is 483. The second-order valence-corrected chi connectivity index (χ2v) is 4.11. The van der Waals surface area contributed by atoms with Crippen LogP contribution in [0.1, 0.15) is 30.1 Å². The van der Waals surface area contributed by atoms with E-state index < -0.39 is 0 Å². The number of aromatic nitrogens is 3. The van der Waals surface area contributed by atoms with Crippen LogP contribution in [0.3, 0.4) is 0 Å². The molecule has 0 amide bonds. The van der Waals surface area contributed by atoms with Gasteiger partial charge in [-0.25, -0.2) is 4.68 Å². The summed E-state index contributed by atoms with van der Waals surface area (Å²) in [6.45, 7) is 2.00. The van der Waals surface area contributed by atoms with Crippen LogP contribution in [0.2, 0.25) is 0 Å². The molecule has 15 heavy (non-hydrogen) atoms. The standard InChI is InChI=1S/C12H13N3/c1-9-5-7-15(14-9)11-4-6-13-12(8-11)10-2-3-10/h4-8,10H,2-3H2,1H3. The van der Waals surface area contributed by atoms with Crippen molar-refractivity contribution >= 4 is 0 Å². The van der Waals surface area contributed by atoms with Crippen molar-refractivity contribution in [3.05, 3.63) is 42.0 Å². The summed E-state index contributed by atoms with van der Waals surface area (Å²) in [6.07, 6.45) is 6.44. The molecule has 0 N–H and O–H groups in total. The quantitative estimate of drug-likeness (QED) is 0.743. The van der Waals surface area contributed by atoms with Gasteiger partial charge in [0.25, 0.3) is 0 Å². The lowest BCUT2D eigenvalue weighted by Crippen LogP contribution is -1.97. The minimum Gasteiger partial charge on any atom is -0.261 e. The summed E-state index contributed by atoms with van der Waals surface area (Å²) in [5, 5.41) is 4.39. The summed E-state index contributed by atoms with van der Waals surface area (Å²) >= 11 is 0. The van der Waals surface area contributed by atoms with Crippen molar-refractivity contribution in [3.8, 4) is 5.69 Å². The predicted molar refractivity (Wildman–Crippen MR) is 58.1 cm³/mol. The second kappa shape index (κ2) is 3.19. The smallest absolute Gasteiger partial charge is 0.0679 e. The van der Waals surface area contributed by atoms with E-state index in [9.17, 15) is 0 Å². The largest absolute Gasteiger partial charge is 0.261 e. The van der Waals surface area contributed by atoms with Gasteiger partial charge in [-0.1, -0.05) is 0 Å². The highest BCUT2D eigenvalue weighted by Gasteiger charge is 2.25. The first-order valence-corrected chi connectivity index (χ1v) is 5.31. The Morgan fingerprint density at radius 2 is 2.20 bits per heavy atom. The second-order valence-electron chi connectivity index (χ2n) is 4.11.